The summed E-state index contributed by atoms with van der Waals surface area (Å²) in [6.07, 6.45) is 8.96. The summed E-state index contributed by atoms with van der Waals surface area (Å²) in [6, 6.07) is 6.46. The molecule has 2 aromatic carbocycles. The van der Waals surface area contributed by atoms with Gasteiger partial charge >= 0.3 is 6.01 Å². The highest BCUT2D eigenvalue weighted by Gasteiger charge is 2.46. The Morgan fingerprint density at radius 2 is 1.85 bits per heavy atom. The van der Waals surface area contributed by atoms with Crippen LogP contribution in [0.5, 0.6) is 6.01 Å². The van der Waals surface area contributed by atoms with Gasteiger partial charge in [0.05, 0.1) is 11.7 Å². The first-order valence-electron chi connectivity index (χ1n) is 16.9. The normalized spacial score (nSPS) is 20.4. The maximum absolute atomic E-state index is 17.3. The lowest BCUT2D eigenvalue weighted by Gasteiger charge is -2.54. The first-order valence-corrected chi connectivity index (χ1v) is 16.9. The summed E-state index contributed by atoms with van der Waals surface area (Å²) in [5.41, 5.74) is 4.88. The van der Waals surface area contributed by atoms with Gasteiger partial charge in [0, 0.05) is 61.0 Å². The molecule has 4 aliphatic rings. The maximum Gasteiger partial charge on any atom is 0.319 e. The molecule has 1 saturated carbocycles. The third kappa shape index (κ3) is 5.01. The van der Waals surface area contributed by atoms with Gasteiger partial charge in [-0.15, -0.1) is 0 Å². The number of piperidine rings is 2. The van der Waals surface area contributed by atoms with E-state index >= 15 is 4.39 Å². The Hall–Kier alpha value is -4.05. The number of ether oxygens (including phenoxy) is 1. The zero-order valence-corrected chi connectivity index (χ0v) is 26.8. The first-order chi connectivity index (χ1) is 22.4. The van der Waals surface area contributed by atoms with Crippen LogP contribution in [0.2, 0.25) is 0 Å². The number of halogens is 1. The van der Waals surface area contributed by atoms with Crippen molar-refractivity contribution >= 4 is 33.5 Å². The predicted molar refractivity (Wildman–Crippen MR) is 178 cm³/mol. The number of H-pyrrole nitrogens is 1. The van der Waals surface area contributed by atoms with Crippen LogP contribution < -0.4 is 9.64 Å². The standard InChI is InChI=1S/C36H42FN7O2/c1-4-29(45)44-20-36(21-44)12-16-43(17-13-36)34-26-18-25(23-7-8-23)31(30-22(3)6-9-28-27(30)19-38-41-28)32(37)33(26)39-35(40-34)46-24-10-14-42(5-2)15-11-24/h4,6,9,18-19,23-24H,1,5,7-8,10-17,20-21H2,2-3H3,(H,38,41). The van der Waals surface area contributed by atoms with Crippen molar-refractivity contribution in [2.24, 2.45) is 5.41 Å². The van der Waals surface area contributed by atoms with E-state index in [1.807, 2.05) is 24.0 Å². The third-order valence-corrected chi connectivity index (χ3v) is 10.9. The second-order valence-electron chi connectivity index (χ2n) is 13.9. The van der Waals surface area contributed by atoms with Crippen molar-refractivity contribution in [1.29, 1.82) is 0 Å². The monoisotopic (exact) mass is 623 g/mol. The minimum atomic E-state index is -0.309. The number of hydrogen-bond acceptors (Lipinski definition) is 7. The number of likely N-dealkylation sites (tertiary alicyclic amines) is 2. The second-order valence-corrected chi connectivity index (χ2v) is 13.9. The van der Waals surface area contributed by atoms with E-state index in [9.17, 15) is 4.79 Å². The van der Waals surface area contributed by atoms with Gasteiger partial charge in [0.15, 0.2) is 5.82 Å². The topological polar surface area (TPSA) is 90.5 Å². The highest BCUT2D eigenvalue weighted by Crippen LogP contribution is 2.50. The van der Waals surface area contributed by atoms with Crippen molar-refractivity contribution in [3.05, 3.63) is 54.0 Å². The molecule has 1 spiro atoms. The summed E-state index contributed by atoms with van der Waals surface area (Å²) in [6.45, 7) is 13.9. The number of nitrogens with zero attached hydrogens (tertiary/aromatic N) is 6. The van der Waals surface area contributed by atoms with E-state index in [2.05, 4.69) is 39.6 Å². The van der Waals surface area contributed by atoms with Gasteiger partial charge in [-0.3, -0.25) is 9.89 Å². The molecule has 1 aliphatic carbocycles. The van der Waals surface area contributed by atoms with Gasteiger partial charge < -0.3 is 19.4 Å². The lowest BCUT2D eigenvalue weighted by molar-refractivity contribution is -0.139. The zero-order valence-electron chi connectivity index (χ0n) is 26.8. The van der Waals surface area contributed by atoms with E-state index in [0.717, 1.165) is 123 Å². The number of rotatable bonds is 7. The van der Waals surface area contributed by atoms with Gasteiger partial charge in [-0.2, -0.15) is 15.1 Å². The summed E-state index contributed by atoms with van der Waals surface area (Å²) in [5.74, 6) is 0.749. The van der Waals surface area contributed by atoms with Crippen LogP contribution in [0.25, 0.3) is 32.9 Å². The van der Waals surface area contributed by atoms with Crippen LogP contribution in [-0.2, 0) is 4.79 Å². The average molecular weight is 624 g/mol. The van der Waals surface area contributed by atoms with E-state index in [1.54, 1.807) is 6.20 Å². The molecule has 4 aromatic rings. The van der Waals surface area contributed by atoms with Crippen molar-refractivity contribution in [2.75, 3.05) is 50.7 Å². The maximum atomic E-state index is 17.3. The second kappa shape index (κ2) is 11.3. The molecular formula is C36H42FN7O2. The number of amides is 1. The predicted octanol–water partition coefficient (Wildman–Crippen LogP) is 5.98. The molecule has 0 bridgehead atoms. The molecule has 0 atom stereocenters. The van der Waals surface area contributed by atoms with E-state index in [-0.39, 0.29) is 29.3 Å². The number of anilines is 1. The number of fused-ring (bicyclic) bond motifs is 2. The van der Waals surface area contributed by atoms with Crippen LogP contribution in [0, 0.1) is 18.2 Å². The van der Waals surface area contributed by atoms with Gasteiger partial charge in [-0.1, -0.05) is 19.6 Å². The Bertz CT molecular complexity index is 1830. The number of nitrogens with one attached hydrogen (secondary N) is 1. The molecule has 2 aromatic heterocycles. The quantitative estimate of drug-likeness (QED) is 0.254. The minimum absolute atomic E-state index is 0.00152. The van der Waals surface area contributed by atoms with Gasteiger partial charge in [-0.05, 0) is 92.8 Å². The smallest absolute Gasteiger partial charge is 0.319 e. The van der Waals surface area contributed by atoms with Crippen LogP contribution in [0.4, 0.5) is 10.2 Å². The Morgan fingerprint density at radius 1 is 1.09 bits per heavy atom. The zero-order chi connectivity index (χ0) is 31.6. The summed E-state index contributed by atoms with van der Waals surface area (Å²) in [4.78, 5) is 28.6. The number of aryl methyl sites for hydroxylation is 1. The molecule has 1 amide bonds. The fraction of sp³-hybridized carbons (Fsp3) is 0.500. The number of aromatic nitrogens is 4. The fourth-order valence-corrected chi connectivity index (χ4v) is 7.98. The van der Waals surface area contributed by atoms with Crippen molar-refractivity contribution in [3.8, 4) is 17.1 Å². The Morgan fingerprint density at radius 3 is 2.54 bits per heavy atom. The van der Waals surface area contributed by atoms with Crippen molar-refractivity contribution < 1.29 is 13.9 Å². The molecular weight excluding hydrogens is 581 g/mol. The molecule has 46 heavy (non-hydrogen) atoms. The Balaban J connectivity index is 1.22. The number of aromatic amines is 1. The van der Waals surface area contributed by atoms with Crippen molar-refractivity contribution in [1.82, 2.24) is 30.0 Å². The van der Waals surface area contributed by atoms with E-state index in [4.69, 9.17) is 14.7 Å². The summed E-state index contributed by atoms with van der Waals surface area (Å²) in [5, 5.41) is 9.02. The van der Waals surface area contributed by atoms with Crippen LogP contribution >= 0.6 is 0 Å². The van der Waals surface area contributed by atoms with Crippen LogP contribution in [0.1, 0.15) is 62.5 Å². The SMILES string of the molecule is C=CC(=O)N1CC2(CCN(c3nc(OC4CCN(CC)CC4)nc4c(F)c(-c5c(C)ccc6[nH]ncc56)c(C5CC5)cc34)CC2)C1. The molecule has 4 fully saturated rings. The van der Waals surface area contributed by atoms with Gasteiger partial charge in [-0.25, -0.2) is 4.39 Å². The number of benzene rings is 2. The molecule has 10 heteroatoms. The molecule has 240 valence electrons. The number of hydrogen-bond donors (Lipinski definition) is 1. The Labute approximate surface area is 268 Å². The van der Waals surface area contributed by atoms with E-state index in [0.29, 0.717) is 17.0 Å². The minimum Gasteiger partial charge on any atom is -0.460 e. The van der Waals surface area contributed by atoms with Gasteiger partial charge in [0.25, 0.3) is 0 Å². The molecule has 8 rings (SSSR count). The van der Waals surface area contributed by atoms with Crippen molar-refractivity contribution in [3.63, 3.8) is 0 Å². The largest absolute Gasteiger partial charge is 0.460 e. The Kier molecular flexibility index (Phi) is 7.23. The average Bonchev–Trinajstić information content (AvgIpc) is 3.80. The summed E-state index contributed by atoms with van der Waals surface area (Å²) in [7, 11) is 0. The van der Waals surface area contributed by atoms with Gasteiger partial charge in [0.1, 0.15) is 17.4 Å². The van der Waals surface area contributed by atoms with Crippen LogP contribution in [0.15, 0.2) is 37.1 Å². The molecule has 3 aliphatic heterocycles. The molecule has 5 heterocycles. The lowest BCUT2D eigenvalue weighted by atomic mass is 9.72. The van der Waals surface area contributed by atoms with Crippen LogP contribution in [0.3, 0.4) is 0 Å². The number of carbonyl (C=O) groups is 1. The first kappa shape index (κ1) is 29.4. The third-order valence-electron chi connectivity index (χ3n) is 10.9. The van der Waals surface area contributed by atoms with E-state index < -0.39 is 0 Å². The van der Waals surface area contributed by atoms with Crippen molar-refractivity contribution in [2.45, 2.75) is 64.4 Å². The highest BCUT2D eigenvalue weighted by atomic mass is 19.1. The summed E-state index contributed by atoms with van der Waals surface area (Å²) >= 11 is 0. The highest BCUT2D eigenvalue weighted by molar-refractivity contribution is 6.02. The molecule has 3 saturated heterocycles. The summed E-state index contributed by atoms with van der Waals surface area (Å²) < 4.78 is 23.8. The fourth-order valence-electron chi connectivity index (χ4n) is 7.98. The molecule has 0 radical (unpaired) electrons. The lowest BCUT2D eigenvalue weighted by Crippen LogP contribution is -2.61. The molecule has 9 nitrogen and oxygen atoms in total. The molecule has 1 N–H and O–H groups in total. The van der Waals surface area contributed by atoms with E-state index in [1.165, 1.54) is 6.08 Å². The molecule has 0 unspecified atom stereocenters. The number of carbonyl (C=O) groups excluding carboxylic acids is 1. The van der Waals surface area contributed by atoms with Crippen LogP contribution in [-0.4, -0.2) is 87.8 Å². The van der Waals surface area contributed by atoms with Gasteiger partial charge in [0.2, 0.25) is 5.91 Å².